The first-order chi connectivity index (χ1) is 15.4. The van der Waals surface area contributed by atoms with E-state index < -0.39 is 11.6 Å². The van der Waals surface area contributed by atoms with Crippen molar-refractivity contribution in [3.63, 3.8) is 0 Å². The summed E-state index contributed by atoms with van der Waals surface area (Å²) in [4.78, 5) is 23.1. The molecule has 160 valence electrons. The van der Waals surface area contributed by atoms with E-state index in [9.17, 15) is 13.6 Å². The van der Waals surface area contributed by atoms with Gasteiger partial charge in [0.05, 0.1) is 6.57 Å². The molecular formula is C23H17F2N5O2. The fraction of sp³-hybridized carbons (Fsp3) is 0.130. The zero-order valence-electron chi connectivity index (χ0n) is 17.2. The molecule has 0 unspecified atom stereocenters. The standard InChI is InChI=1S/C23H17F2N5O2/c1-12-8-15-16(9-12)19(25)18(10-17(15)24)32-23-20(26-2)21(28-11-29-23)30-14-6-4-13(5-7-14)22(31)27-3/h4-7,9-11H,8H2,1,3H3,(H,27,31)(H,28,29,30). The summed E-state index contributed by atoms with van der Waals surface area (Å²) in [6.07, 6.45) is 3.06. The molecule has 32 heavy (non-hydrogen) atoms. The van der Waals surface area contributed by atoms with Gasteiger partial charge in [0.15, 0.2) is 11.6 Å². The second-order valence-corrected chi connectivity index (χ2v) is 7.10. The number of nitrogens with one attached hydrogen (secondary N) is 2. The number of rotatable bonds is 5. The Morgan fingerprint density at radius 2 is 1.97 bits per heavy atom. The molecule has 1 aromatic heterocycles. The lowest BCUT2D eigenvalue weighted by Gasteiger charge is -2.13. The molecule has 3 aromatic rings. The Balaban J connectivity index is 1.65. The van der Waals surface area contributed by atoms with E-state index in [1.807, 2.05) is 0 Å². The monoisotopic (exact) mass is 433 g/mol. The molecule has 7 nitrogen and oxygen atoms in total. The van der Waals surface area contributed by atoms with Crippen LogP contribution in [0.25, 0.3) is 10.9 Å². The predicted molar refractivity (Wildman–Crippen MR) is 115 cm³/mol. The van der Waals surface area contributed by atoms with Crippen molar-refractivity contribution in [3.05, 3.63) is 82.0 Å². The summed E-state index contributed by atoms with van der Waals surface area (Å²) in [6, 6.07) is 7.46. The second-order valence-electron chi connectivity index (χ2n) is 7.10. The summed E-state index contributed by atoms with van der Waals surface area (Å²) >= 11 is 0. The predicted octanol–water partition coefficient (Wildman–Crippen LogP) is 5.16. The number of fused-ring (bicyclic) bond motifs is 1. The zero-order chi connectivity index (χ0) is 22.8. The van der Waals surface area contributed by atoms with Crippen LogP contribution in [0.3, 0.4) is 0 Å². The highest BCUT2D eigenvalue weighted by atomic mass is 19.1. The van der Waals surface area contributed by atoms with Crippen LogP contribution in [0.1, 0.15) is 28.4 Å². The van der Waals surface area contributed by atoms with Crippen molar-refractivity contribution in [2.75, 3.05) is 12.4 Å². The molecule has 0 fully saturated rings. The third kappa shape index (κ3) is 3.86. The Labute approximate surface area is 182 Å². The maximum Gasteiger partial charge on any atom is 0.288 e. The van der Waals surface area contributed by atoms with E-state index in [0.29, 0.717) is 17.7 Å². The molecule has 0 bridgehead atoms. The van der Waals surface area contributed by atoms with Crippen molar-refractivity contribution in [1.29, 1.82) is 0 Å². The van der Waals surface area contributed by atoms with Gasteiger partial charge in [-0.1, -0.05) is 11.6 Å². The minimum atomic E-state index is -0.716. The van der Waals surface area contributed by atoms with Crippen LogP contribution in [-0.4, -0.2) is 22.9 Å². The van der Waals surface area contributed by atoms with Crippen LogP contribution in [0.4, 0.5) is 26.0 Å². The second kappa shape index (κ2) is 8.43. The molecular weight excluding hydrogens is 416 g/mol. The van der Waals surface area contributed by atoms with Crippen LogP contribution in [0, 0.1) is 18.2 Å². The normalized spacial score (nSPS) is 11.9. The van der Waals surface area contributed by atoms with Crippen molar-refractivity contribution in [3.8, 4) is 11.6 Å². The summed E-state index contributed by atoms with van der Waals surface area (Å²) in [6.45, 7) is 9.30. The van der Waals surface area contributed by atoms with Crippen LogP contribution in [-0.2, 0) is 6.42 Å². The van der Waals surface area contributed by atoms with Gasteiger partial charge < -0.3 is 15.4 Å². The molecule has 4 rings (SSSR count). The SMILES string of the molecule is [C-]#[N+]c1c(Nc2ccc(C(=O)NC)cc2)ncnc1Oc1cc(F)c2c(c1F)C=C(C)C2. The largest absolute Gasteiger partial charge is 0.446 e. The molecule has 1 heterocycles. The Kier molecular flexibility index (Phi) is 5.52. The Morgan fingerprint density at radius 1 is 1.22 bits per heavy atom. The fourth-order valence-electron chi connectivity index (χ4n) is 3.36. The molecule has 0 aliphatic heterocycles. The third-order valence-corrected chi connectivity index (χ3v) is 4.91. The van der Waals surface area contributed by atoms with Crippen molar-refractivity contribution in [2.24, 2.45) is 0 Å². The quantitative estimate of drug-likeness (QED) is 0.544. The van der Waals surface area contributed by atoms with Gasteiger partial charge in [-0.2, -0.15) is 0 Å². The van der Waals surface area contributed by atoms with Crippen LogP contribution < -0.4 is 15.4 Å². The summed E-state index contributed by atoms with van der Waals surface area (Å²) in [7, 11) is 1.53. The first-order valence-corrected chi connectivity index (χ1v) is 9.58. The van der Waals surface area contributed by atoms with E-state index in [0.717, 1.165) is 18.0 Å². The van der Waals surface area contributed by atoms with Crippen molar-refractivity contribution in [1.82, 2.24) is 15.3 Å². The number of aromatic nitrogens is 2. The number of nitrogens with zero attached hydrogens (tertiary/aromatic N) is 3. The number of amides is 1. The summed E-state index contributed by atoms with van der Waals surface area (Å²) in [5.74, 6) is -1.99. The number of halogens is 2. The molecule has 2 N–H and O–H groups in total. The highest BCUT2D eigenvalue weighted by Gasteiger charge is 2.24. The van der Waals surface area contributed by atoms with E-state index in [1.54, 1.807) is 37.3 Å². The summed E-state index contributed by atoms with van der Waals surface area (Å²) < 4.78 is 34.9. The Bertz CT molecular complexity index is 1300. The number of hydrogen-bond acceptors (Lipinski definition) is 5. The zero-order valence-corrected chi connectivity index (χ0v) is 17.2. The number of anilines is 2. The van der Waals surface area contributed by atoms with Crippen molar-refractivity contribution >= 4 is 29.2 Å². The number of hydrogen-bond donors (Lipinski definition) is 2. The summed E-state index contributed by atoms with van der Waals surface area (Å²) in [5.41, 5.74) is 2.19. The van der Waals surface area contributed by atoms with Gasteiger partial charge in [-0.3, -0.25) is 4.79 Å². The van der Waals surface area contributed by atoms with Crippen LogP contribution >= 0.6 is 0 Å². The first kappa shape index (κ1) is 20.9. The van der Waals surface area contributed by atoms with E-state index in [1.165, 1.54) is 7.05 Å². The van der Waals surface area contributed by atoms with Crippen molar-refractivity contribution in [2.45, 2.75) is 13.3 Å². The molecule has 0 saturated carbocycles. The number of ether oxygens (including phenoxy) is 1. The highest BCUT2D eigenvalue weighted by Crippen LogP contribution is 2.40. The van der Waals surface area contributed by atoms with Crippen LogP contribution in [0.15, 0.2) is 42.2 Å². The topological polar surface area (TPSA) is 80.5 Å². The van der Waals surface area contributed by atoms with Gasteiger partial charge in [-0.05, 0) is 37.6 Å². The van der Waals surface area contributed by atoms with Gasteiger partial charge in [0, 0.05) is 35.5 Å². The van der Waals surface area contributed by atoms with Gasteiger partial charge in [-0.25, -0.2) is 23.6 Å². The first-order valence-electron chi connectivity index (χ1n) is 9.58. The average Bonchev–Trinajstić information content (AvgIpc) is 3.20. The van der Waals surface area contributed by atoms with Gasteiger partial charge in [0.1, 0.15) is 18.0 Å². The maximum atomic E-state index is 14.9. The molecule has 0 radical (unpaired) electrons. The molecule has 1 aliphatic carbocycles. The number of carbonyl (C=O) groups excluding carboxylic acids is 1. The average molecular weight is 433 g/mol. The molecule has 0 saturated heterocycles. The van der Waals surface area contributed by atoms with E-state index in [-0.39, 0.29) is 40.2 Å². The van der Waals surface area contributed by atoms with Gasteiger partial charge >= 0.3 is 0 Å². The van der Waals surface area contributed by atoms with Crippen LogP contribution in [0.5, 0.6) is 11.6 Å². The lowest BCUT2D eigenvalue weighted by Crippen LogP contribution is -2.17. The lowest BCUT2D eigenvalue weighted by atomic mass is 10.1. The molecule has 0 atom stereocenters. The minimum absolute atomic E-state index is 0.102. The highest BCUT2D eigenvalue weighted by molar-refractivity contribution is 5.94. The smallest absolute Gasteiger partial charge is 0.288 e. The van der Waals surface area contributed by atoms with Gasteiger partial charge in [-0.15, -0.1) is 0 Å². The van der Waals surface area contributed by atoms with E-state index >= 15 is 0 Å². The fourth-order valence-corrected chi connectivity index (χ4v) is 3.36. The number of carbonyl (C=O) groups is 1. The van der Waals surface area contributed by atoms with Crippen molar-refractivity contribution < 1.29 is 18.3 Å². The van der Waals surface area contributed by atoms with Gasteiger partial charge in [0.2, 0.25) is 5.88 Å². The van der Waals surface area contributed by atoms with E-state index in [2.05, 4.69) is 25.4 Å². The molecule has 2 aromatic carbocycles. The summed E-state index contributed by atoms with van der Waals surface area (Å²) in [5, 5.41) is 5.48. The number of benzene rings is 2. The van der Waals surface area contributed by atoms with Gasteiger partial charge in [0.25, 0.3) is 11.6 Å². The molecule has 0 spiro atoms. The Morgan fingerprint density at radius 3 is 2.66 bits per heavy atom. The molecule has 1 amide bonds. The lowest BCUT2D eigenvalue weighted by molar-refractivity contribution is 0.0963. The molecule has 1 aliphatic rings. The third-order valence-electron chi connectivity index (χ3n) is 4.91. The van der Waals surface area contributed by atoms with Crippen LogP contribution in [0.2, 0.25) is 0 Å². The minimum Gasteiger partial charge on any atom is -0.446 e. The van der Waals surface area contributed by atoms with E-state index in [4.69, 9.17) is 11.3 Å². The Hall–Kier alpha value is -4.32. The number of allylic oxidation sites excluding steroid dienone is 1. The molecule has 9 heteroatoms. The maximum absolute atomic E-state index is 14.9.